The number of carbonyl (C=O) groups excluding carboxylic acids is 2. The van der Waals surface area contributed by atoms with Crippen molar-refractivity contribution >= 4 is 58.4 Å². The molecule has 0 saturated carbocycles. The number of rotatable bonds is 6. The Morgan fingerprint density at radius 3 is 2.38 bits per heavy atom. The van der Waals surface area contributed by atoms with Crippen LogP contribution >= 0.6 is 34.5 Å². The van der Waals surface area contributed by atoms with Crippen molar-refractivity contribution in [3.8, 4) is 0 Å². The summed E-state index contributed by atoms with van der Waals surface area (Å²) in [5.74, 6) is -2.84. The molecule has 0 fully saturated rings. The Kier molecular flexibility index (Phi) is 6.93. The summed E-state index contributed by atoms with van der Waals surface area (Å²) in [6, 6.07) is 6.86. The van der Waals surface area contributed by atoms with Gasteiger partial charge in [0.05, 0.1) is 15.6 Å². The molecule has 2 rings (SSSR count). The first-order valence-electron chi connectivity index (χ1n) is 7.34. The first-order valence-corrected chi connectivity index (χ1v) is 8.97. The van der Waals surface area contributed by atoms with Crippen LogP contribution in [0.3, 0.4) is 0 Å². The first-order chi connectivity index (χ1) is 12.3. The van der Waals surface area contributed by atoms with Gasteiger partial charge in [0, 0.05) is 11.0 Å². The monoisotopic (exact) mass is 412 g/mol. The van der Waals surface area contributed by atoms with Crippen molar-refractivity contribution in [2.45, 2.75) is 13.0 Å². The molecular weight excluding hydrogens is 399 g/mol. The van der Waals surface area contributed by atoms with E-state index in [1.54, 1.807) is 12.1 Å². The molecule has 136 valence electrons. The highest BCUT2D eigenvalue weighted by molar-refractivity contribution is 7.10. The lowest BCUT2D eigenvalue weighted by molar-refractivity contribution is -0.141. The number of carboxylic acids is 1. The molecule has 1 aromatic carbocycles. The predicted octanol–water partition coefficient (Wildman–Crippen LogP) is 3.71. The lowest BCUT2D eigenvalue weighted by Crippen LogP contribution is -2.52. The molecule has 9 heteroatoms. The molecular formula is C17H14Cl2N2O4S. The Labute approximate surface area is 163 Å². The van der Waals surface area contributed by atoms with Crippen molar-refractivity contribution in [3.05, 3.63) is 62.3 Å². The summed E-state index contributed by atoms with van der Waals surface area (Å²) in [7, 11) is 0. The van der Waals surface area contributed by atoms with Crippen LogP contribution < -0.4 is 5.43 Å². The van der Waals surface area contributed by atoms with E-state index in [2.05, 4.69) is 5.43 Å². The van der Waals surface area contributed by atoms with Gasteiger partial charge in [-0.3, -0.25) is 14.4 Å². The number of hydrogen-bond acceptors (Lipinski definition) is 5. The third kappa shape index (κ3) is 4.92. The molecule has 0 unspecified atom stereocenters. The van der Waals surface area contributed by atoms with Gasteiger partial charge in [-0.1, -0.05) is 35.3 Å². The van der Waals surface area contributed by atoms with Crippen LogP contribution in [-0.2, 0) is 9.59 Å². The van der Waals surface area contributed by atoms with E-state index < -0.39 is 23.8 Å². The summed E-state index contributed by atoms with van der Waals surface area (Å²) >= 11 is 13.5. The summed E-state index contributed by atoms with van der Waals surface area (Å²) in [6.07, 6.45) is 2.69. The van der Waals surface area contributed by atoms with Crippen LogP contribution in [0, 0.1) is 0 Å². The molecule has 1 heterocycles. The van der Waals surface area contributed by atoms with E-state index in [4.69, 9.17) is 28.3 Å². The van der Waals surface area contributed by atoms with Crippen molar-refractivity contribution < 1.29 is 19.5 Å². The Hall–Kier alpha value is -2.19. The second-order valence-electron chi connectivity index (χ2n) is 5.11. The van der Waals surface area contributed by atoms with Gasteiger partial charge >= 0.3 is 5.97 Å². The zero-order valence-corrected chi connectivity index (χ0v) is 15.8. The van der Waals surface area contributed by atoms with Crippen LogP contribution in [-0.4, -0.2) is 33.9 Å². The van der Waals surface area contributed by atoms with E-state index >= 15 is 0 Å². The maximum absolute atomic E-state index is 12.8. The Balaban J connectivity index is 2.35. The van der Waals surface area contributed by atoms with E-state index in [0.717, 1.165) is 11.0 Å². The van der Waals surface area contributed by atoms with E-state index in [1.807, 2.05) is 11.4 Å². The van der Waals surface area contributed by atoms with Crippen molar-refractivity contribution in [1.29, 1.82) is 0 Å². The fraction of sp³-hybridized carbons (Fsp3) is 0.118. The van der Waals surface area contributed by atoms with Crippen LogP contribution in [0.1, 0.15) is 22.2 Å². The Morgan fingerprint density at radius 2 is 1.85 bits per heavy atom. The second kappa shape index (κ2) is 8.95. The minimum atomic E-state index is -1.23. The Bertz CT molecular complexity index is 832. The summed E-state index contributed by atoms with van der Waals surface area (Å²) in [6.45, 7) is 1.30. The fourth-order valence-corrected chi connectivity index (χ4v) is 3.08. The molecule has 1 atom stereocenters. The van der Waals surface area contributed by atoms with Gasteiger partial charge in [-0.2, -0.15) is 0 Å². The number of nitrogens with zero attached hydrogens (tertiary/aromatic N) is 1. The SMILES string of the molecule is C[C@H](NN(C(=O)C=Cc1cccs1)C(=O)c1c(Cl)cccc1Cl)C(=O)O. The number of aliphatic carboxylic acids is 1. The number of amides is 2. The largest absolute Gasteiger partial charge is 0.480 e. The summed E-state index contributed by atoms with van der Waals surface area (Å²) in [5, 5.41) is 11.6. The third-order valence-corrected chi connectivity index (χ3v) is 4.69. The minimum absolute atomic E-state index is 0.0484. The van der Waals surface area contributed by atoms with Gasteiger partial charge in [0.2, 0.25) is 0 Å². The number of halogens is 2. The van der Waals surface area contributed by atoms with E-state index in [0.29, 0.717) is 5.01 Å². The second-order valence-corrected chi connectivity index (χ2v) is 6.91. The zero-order valence-electron chi connectivity index (χ0n) is 13.5. The number of imide groups is 1. The summed E-state index contributed by atoms with van der Waals surface area (Å²) < 4.78 is 0. The lowest BCUT2D eigenvalue weighted by Gasteiger charge is -2.23. The van der Waals surface area contributed by atoms with Crippen molar-refractivity contribution in [3.63, 3.8) is 0 Å². The first kappa shape index (κ1) is 20.1. The zero-order chi connectivity index (χ0) is 19.3. The molecule has 2 amide bonds. The molecule has 0 bridgehead atoms. The number of thiophene rings is 1. The average Bonchev–Trinajstić information content (AvgIpc) is 3.10. The van der Waals surface area contributed by atoms with Crippen molar-refractivity contribution in [2.24, 2.45) is 0 Å². The van der Waals surface area contributed by atoms with Gasteiger partial charge in [0.1, 0.15) is 6.04 Å². The smallest absolute Gasteiger partial charge is 0.322 e. The minimum Gasteiger partial charge on any atom is -0.480 e. The number of hydrogen-bond donors (Lipinski definition) is 2. The normalized spacial score (nSPS) is 12.1. The molecule has 0 aliphatic carbocycles. The van der Waals surface area contributed by atoms with Crippen LogP contribution in [0.5, 0.6) is 0 Å². The molecule has 6 nitrogen and oxygen atoms in total. The van der Waals surface area contributed by atoms with E-state index in [-0.39, 0.29) is 15.6 Å². The van der Waals surface area contributed by atoms with Gasteiger partial charge in [0.15, 0.2) is 0 Å². The molecule has 0 spiro atoms. The van der Waals surface area contributed by atoms with E-state index in [9.17, 15) is 14.4 Å². The lowest BCUT2D eigenvalue weighted by atomic mass is 10.2. The maximum Gasteiger partial charge on any atom is 0.322 e. The molecule has 2 aromatic rings. The molecule has 0 saturated heterocycles. The molecule has 0 aliphatic heterocycles. The topological polar surface area (TPSA) is 86.7 Å². The average molecular weight is 413 g/mol. The fourth-order valence-electron chi connectivity index (χ4n) is 1.90. The summed E-state index contributed by atoms with van der Waals surface area (Å²) in [4.78, 5) is 37.2. The standard InChI is InChI=1S/C17H14Cl2N2O4S/c1-10(17(24)25)20-21(14(22)8-7-11-4-3-9-26-11)16(23)15-12(18)5-2-6-13(15)19/h2-10,20H,1H3,(H,24,25)/t10-/m0/s1. The predicted molar refractivity (Wildman–Crippen MR) is 101 cm³/mol. The van der Waals surface area contributed by atoms with E-state index in [1.165, 1.54) is 36.5 Å². The molecule has 0 aliphatic rings. The van der Waals surface area contributed by atoms with Crippen molar-refractivity contribution in [2.75, 3.05) is 0 Å². The maximum atomic E-state index is 12.8. The quantitative estimate of drug-likeness (QED) is 0.557. The number of carboxylic acid groups (broad SMARTS) is 1. The number of carbonyl (C=O) groups is 3. The highest BCUT2D eigenvalue weighted by atomic mass is 35.5. The highest BCUT2D eigenvalue weighted by Gasteiger charge is 2.28. The van der Waals surface area contributed by atoms with Gasteiger partial charge in [0.25, 0.3) is 11.8 Å². The molecule has 1 aromatic heterocycles. The third-order valence-electron chi connectivity index (χ3n) is 3.23. The van der Waals surface area contributed by atoms with Gasteiger partial charge < -0.3 is 5.11 Å². The van der Waals surface area contributed by atoms with Crippen LogP contribution in [0.15, 0.2) is 41.8 Å². The van der Waals surface area contributed by atoms with Gasteiger partial charge in [-0.25, -0.2) is 10.4 Å². The molecule has 2 N–H and O–H groups in total. The van der Waals surface area contributed by atoms with Crippen LogP contribution in [0.2, 0.25) is 10.0 Å². The van der Waals surface area contributed by atoms with Gasteiger partial charge in [-0.05, 0) is 36.6 Å². The molecule has 0 radical (unpaired) electrons. The number of hydrazine groups is 1. The van der Waals surface area contributed by atoms with Crippen LogP contribution in [0.4, 0.5) is 0 Å². The van der Waals surface area contributed by atoms with Crippen molar-refractivity contribution in [1.82, 2.24) is 10.4 Å². The molecule has 26 heavy (non-hydrogen) atoms. The van der Waals surface area contributed by atoms with Gasteiger partial charge in [-0.15, -0.1) is 11.3 Å². The number of nitrogens with one attached hydrogen (secondary N) is 1. The number of benzene rings is 1. The van der Waals surface area contributed by atoms with Crippen LogP contribution in [0.25, 0.3) is 6.08 Å². The summed E-state index contributed by atoms with van der Waals surface area (Å²) in [5.41, 5.74) is 2.27. The highest BCUT2D eigenvalue weighted by Crippen LogP contribution is 2.25. The Morgan fingerprint density at radius 1 is 1.19 bits per heavy atom.